The lowest BCUT2D eigenvalue weighted by Gasteiger charge is -2.33. The highest BCUT2D eigenvalue weighted by Crippen LogP contribution is 2.27. The van der Waals surface area contributed by atoms with Gasteiger partial charge in [-0.15, -0.1) is 0 Å². The quantitative estimate of drug-likeness (QED) is 0.518. The van der Waals surface area contributed by atoms with Crippen molar-refractivity contribution in [3.63, 3.8) is 0 Å². The lowest BCUT2D eigenvalue weighted by atomic mass is 9.92. The van der Waals surface area contributed by atoms with Crippen LogP contribution in [-0.4, -0.2) is 50.8 Å². The fourth-order valence-corrected chi connectivity index (χ4v) is 3.42. The van der Waals surface area contributed by atoms with Crippen molar-refractivity contribution >= 4 is 27.5 Å². The number of amides is 1. The topological polar surface area (TPSA) is 83.3 Å². The van der Waals surface area contributed by atoms with Crippen LogP contribution in [-0.2, 0) is 16.9 Å². The van der Waals surface area contributed by atoms with E-state index in [9.17, 15) is 18.7 Å². The summed E-state index contributed by atoms with van der Waals surface area (Å²) in [5.41, 5.74) is -1.25. The second-order valence-corrected chi connectivity index (χ2v) is 7.89. The molecule has 1 atom stereocenters. The SMILES string of the molecule is CN(CC(=O)Nc1ccc(Br)cc1)CC(O)(Cn1cncn1)c1ccc(F)cc1F. The van der Waals surface area contributed by atoms with Gasteiger partial charge in [0.15, 0.2) is 0 Å². The van der Waals surface area contributed by atoms with E-state index in [1.807, 2.05) is 0 Å². The molecule has 0 aliphatic carbocycles. The molecule has 0 radical (unpaired) electrons. The molecule has 0 fully saturated rings. The largest absolute Gasteiger partial charge is 0.382 e. The van der Waals surface area contributed by atoms with Gasteiger partial charge in [0.1, 0.15) is 29.9 Å². The van der Waals surface area contributed by atoms with E-state index in [1.54, 1.807) is 36.2 Å². The Labute approximate surface area is 180 Å². The van der Waals surface area contributed by atoms with Crippen molar-refractivity contribution < 1.29 is 18.7 Å². The zero-order valence-corrected chi connectivity index (χ0v) is 17.7. The molecule has 0 aliphatic heterocycles. The molecule has 0 aliphatic rings. The van der Waals surface area contributed by atoms with Crippen molar-refractivity contribution in [1.29, 1.82) is 0 Å². The van der Waals surface area contributed by atoms with Crippen molar-refractivity contribution in [1.82, 2.24) is 19.7 Å². The fourth-order valence-electron chi connectivity index (χ4n) is 3.15. The lowest BCUT2D eigenvalue weighted by molar-refractivity contribution is -0.118. The molecule has 2 aromatic carbocycles. The number of carbonyl (C=O) groups is 1. The average molecular weight is 480 g/mol. The molecule has 2 N–H and O–H groups in total. The van der Waals surface area contributed by atoms with Crippen LogP contribution in [0.15, 0.2) is 59.6 Å². The molecular formula is C20H20BrF2N5O2. The first-order valence-electron chi connectivity index (χ1n) is 8.99. The number of carbonyl (C=O) groups excluding carboxylic acids is 1. The summed E-state index contributed by atoms with van der Waals surface area (Å²) < 4.78 is 30.1. The van der Waals surface area contributed by atoms with Crippen LogP contribution >= 0.6 is 15.9 Å². The monoisotopic (exact) mass is 479 g/mol. The minimum absolute atomic E-state index is 0.0570. The Morgan fingerprint density at radius 1 is 1.27 bits per heavy atom. The second kappa shape index (κ2) is 9.41. The number of aromatic nitrogens is 3. The van der Waals surface area contributed by atoms with E-state index in [-0.39, 0.29) is 31.1 Å². The Hall–Kier alpha value is -2.69. The van der Waals surface area contributed by atoms with Crippen molar-refractivity contribution in [2.75, 3.05) is 25.5 Å². The fraction of sp³-hybridized carbons (Fsp3) is 0.250. The van der Waals surface area contributed by atoms with Crippen LogP contribution in [0, 0.1) is 11.6 Å². The molecule has 30 heavy (non-hydrogen) atoms. The Morgan fingerprint density at radius 3 is 2.63 bits per heavy atom. The number of rotatable bonds is 8. The van der Waals surface area contributed by atoms with E-state index in [1.165, 1.54) is 23.4 Å². The van der Waals surface area contributed by atoms with Crippen LogP contribution in [0.3, 0.4) is 0 Å². The summed E-state index contributed by atoms with van der Waals surface area (Å²) in [7, 11) is 1.62. The molecule has 158 valence electrons. The highest BCUT2D eigenvalue weighted by Gasteiger charge is 2.35. The summed E-state index contributed by atoms with van der Waals surface area (Å²) >= 11 is 3.33. The first-order chi connectivity index (χ1) is 14.2. The van der Waals surface area contributed by atoms with Crippen LogP contribution in [0.1, 0.15) is 5.56 Å². The van der Waals surface area contributed by atoms with E-state index in [2.05, 4.69) is 31.3 Å². The Balaban J connectivity index is 1.74. The summed E-state index contributed by atoms with van der Waals surface area (Å²) in [6.07, 6.45) is 2.67. The molecule has 3 aromatic rings. The number of likely N-dealkylation sites (N-methyl/N-ethyl adjacent to an activating group) is 1. The van der Waals surface area contributed by atoms with Gasteiger partial charge in [-0.1, -0.05) is 22.0 Å². The summed E-state index contributed by atoms with van der Waals surface area (Å²) in [5, 5.41) is 18.0. The van der Waals surface area contributed by atoms with Gasteiger partial charge in [-0.25, -0.2) is 18.4 Å². The predicted molar refractivity (Wildman–Crippen MR) is 111 cm³/mol. The van der Waals surface area contributed by atoms with E-state index < -0.39 is 17.2 Å². The van der Waals surface area contributed by atoms with Gasteiger partial charge in [0, 0.05) is 28.3 Å². The van der Waals surface area contributed by atoms with E-state index in [4.69, 9.17) is 0 Å². The minimum Gasteiger partial charge on any atom is -0.382 e. The standard InChI is InChI=1S/C20H20BrF2N5O2/c1-27(9-19(29)26-16-5-2-14(21)3-6-16)10-20(30,11-28-13-24-12-25-28)17-7-4-15(22)8-18(17)23/h2-8,12-13,30H,9-11H2,1H3,(H,26,29). The maximum Gasteiger partial charge on any atom is 0.238 e. The van der Waals surface area contributed by atoms with Crippen LogP contribution in [0.4, 0.5) is 14.5 Å². The van der Waals surface area contributed by atoms with Crippen molar-refractivity contribution in [3.05, 3.63) is 76.8 Å². The zero-order valence-electron chi connectivity index (χ0n) is 16.1. The third kappa shape index (κ3) is 5.68. The van der Waals surface area contributed by atoms with Crippen LogP contribution < -0.4 is 5.32 Å². The van der Waals surface area contributed by atoms with Gasteiger partial charge < -0.3 is 10.4 Å². The van der Waals surface area contributed by atoms with Crippen LogP contribution in [0.5, 0.6) is 0 Å². The molecule has 1 aromatic heterocycles. The Kier molecular flexibility index (Phi) is 6.91. The third-order valence-corrected chi connectivity index (χ3v) is 4.92. The number of nitrogens with one attached hydrogen (secondary N) is 1. The summed E-state index contributed by atoms with van der Waals surface area (Å²) in [5.74, 6) is -1.94. The molecule has 7 nitrogen and oxygen atoms in total. The molecule has 1 heterocycles. The van der Waals surface area contributed by atoms with Crippen LogP contribution in [0.25, 0.3) is 0 Å². The van der Waals surface area contributed by atoms with Gasteiger partial charge in [0.25, 0.3) is 0 Å². The highest BCUT2D eigenvalue weighted by atomic mass is 79.9. The van der Waals surface area contributed by atoms with E-state index >= 15 is 0 Å². The number of aliphatic hydroxyl groups is 1. The number of anilines is 1. The number of halogens is 3. The predicted octanol–water partition coefficient (Wildman–Crippen LogP) is 2.78. The van der Waals surface area contributed by atoms with E-state index in [0.717, 1.165) is 10.5 Å². The molecule has 0 saturated heterocycles. The average Bonchev–Trinajstić information content (AvgIpc) is 3.15. The molecule has 3 rings (SSSR count). The van der Waals surface area contributed by atoms with Gasteiger partial charge in [0.2, 0.25) is 5.91 Å². The highest BCUT2D eigenvalue weighted by molar-refractivity contribution is 9.10. The van der Waals surface area contributed by atoms with Gasteiger partial charge in [-0.3, -0.25) is 9.69 Å². The van der Waals surface area contributed by atoms with Gasteiger partial charge in [-0.05, 0) is 37.4 Å². The van der Waals surface area contributed by atoms with Crippen molar-refractivity contribution in [3.8, 4) is 0 Å². The Bertz CT molecular complexity index is 1000. The van der Waals surface area contributed by atoms with Gasteiger partial charge in [0.05, 0.1) is 13.1 Å². The normalized spacial score (nSPS) is 13.3. The van der Waals surface area contributed by atoms with Crippen molar-refractivity contribution in [2.45, 2.75) is 12.1 Å². The molecule has 0 spiro atoms. The molecule has 1 unspecified atom stereocenters. The first-order valence-corrected chi connectivity index (χ1v) is 9.79. The number of nitrogens with zero attached hydrogens (tertiary/aromatic N) is 4. The molecule has 0 bridgehead atoms. The summed E-state index contributed by atoms with van der Waals surface area (Å²) in [4.78, 5) is 17.7. The number of benzene rings is 2. The lowest BCUT2D eigenvalue weighted by Crippen LogP contribution is -2.45. The smallest absolute Gasteiger partial charge is 0.238 e. The van der Waals surface area contributed by atoms with E-state index in [0.29, 0.717) is 11.8 Å². The summed E-state index contributed by atoms with van der Waals surface area (Å²) in [6, 6.07) is 10.1. The minimum atomic E-state index is -1.78. The molecule has 0 saturated carbocycles. The maximum absolute atomic E-state index is 14.5. The third-order valence-electron chi connectivity index (χ3n) is 4.40. The second-order valence-electron chi connectivity index (χ2n) is 6.98. The number of hydrogen-bond donors (Lipinski definition) is 2. The zero-order chi connectivity index (χ0) is 21.7. The van der Waals surface area contributed by atoms with Crippen molar-refractivity contribution in [2.24, 2.45) is 0 Å². The molecule has 1 amide bonds. The first kappa shape index (κ1) is 22.0. The molecular weight excluding hydrogens is 460 g/mol. The Morgan fingerprint density at radius 2 is 2.00 bits per heavy atom. The molecule has 10 heteroatoms. The maximum atomic E-state index is 14.5. The van der Waals surface area contributed by atoms with Crippen LogP contribution in [0.2, 0.25) is 0 Å². The van der Waals surface area contributed by atoms with Gasteiger partial charge >= 0.3 is 0 Å². The summed E-state index contributed by atoms with van der Waals surface area (Å²) in [6.45, 7) is -0.296. The van der Waals surface area contributed by atoms with Gasteiger partial charge in [-0.2, -0.15) is 5.10 Å². The number of hydrogen-bond acceptors (Lipinski definition) is 5.